The third-order valence-electron chi connectivity index (χ3n) is 1.81. The van der Waals surface area contributed by atoms with Crippen LogP contribution in [0.15, 0.2) is 0 Å². The van der Waals surface area contributed by atoms with E-state index >= 15 is 0 Å². The Morgan fingerprint density at radius 3 is 2.45 bits per heavy atom. The molecule has 0 aromatic heterocycles. The first kappa shape index (κ1) is 10.4. The fourth-order valence-electron chi connectivity index (χ4n) is 0.927. The lowest BCUT2D eigenvalue weighted by Gasteiger charge is -2.13. The number of hydrogen-bond donors (Lipinski definition) is 2. The number of hydrogen-bond acceptors (Lipinski definition) is 2. The summed E-state index contributed by atoms with van der Waals surface area (Å²) >= 11 is 0. The third kappa shape index (κ3) is 3.98. The van der Waals surface area contributed by atoms with Gasteiger partial charge in [0.2, 0.25) is 0 Å². The van der Waals surface area contributed by atoms with Gasteiger partial charge in [0.15, 0.2) is 6.10 Å². The quantitative estimate of drug-likeness (QED) is 0.636. The van der Waals surface area contributed by atoms with Gasteiger partial charge in [0.1, 0.15) is 0 Å². The molecule has 0 rings (SSSR count). The fraction of sp³-hybridized carbons (Fsp3) is 0.875. The lowest BCUT2D eigenvalue weighted by Crippen LogP contribution is -2.27. The maximum absolute atomic E-state index is 10.3. The van der Waals surface area contributed by atoms with Crippen LogP contribution in [0.5, 0.6) is 0 Å². The van der Waals surface area contributed by atoms with E-state index < -0.39 is 12.1 Å². The van der Waals surface area contributed by atoms with Crippen LogP contribution in [-0.2, 0) is 4.79 Å². The summed E-state index contributed by atoms with van der Waals surface area (Å²) in [5.41, 5.74) is 0. The van der Waals surface area contributed by atoms with E-state index in [2.05, 4.69) is 0 Å². The average Bonchev–Trinajstić information content (AvgIpc) is 1.98. The lowest BCUT2D eigenvalue weighted by atomic mass is 9.98. The van der Waals surface area contributed by atoms with Crippen LogP contribution in [0.2, 0.25) is 0 Å². The Bertz CT molecular complexity index is 123. The summed E-state index contributed by atoms with van der Waals surface area (Å²) in [6.45, 7) is 3.80. The zero-order valence-electron chi connectivity index (χ0n) is 7.08. The number of carboxylic acids is 1. The monoisotopic (exact) mass is 160 g/mol. The van der Waals surface area contributed by atoms with Crippen molar-refractivity contribution in [3.8, 4) is 0 Å². The van der Waals surface area contributed by atoms with Crippen molar-refractivity contribution in [2.75, 3.05) is 0 Å². The molecule has 0 fully saturated rings. The van der Waals surface area contributed by atoms with Crippen molar-refractivity contribution in [2.45, 2.75) is 39.2 Å². The smallest absolute Gasteiger partial charge is 0.332 e. The summed E-state index contributed by atoms with van der Waals surface area (Å²) in [7, 11) is 0. The summed E-state index contributed by atoms with van der Waals surface area (Å²) < 4.78 is 0. The summed E-state index contributed by atoms with van der Waals surface area (Å²) in [6, 6.07) is 0. The van der Waals surface area contributed by atoms with Crippen molar-refractivity contribution in [3.05, 3.63) is 0 Å². The van der Waals surface area contributed by atoms with Crippen molar-refractivity contribution in [2.24, 2.45) is 5.92 Å². The van der Waals surface area contributed by atoms with E-state index in [1.165, 1.54) is 0 Å². The number of unbranched alkanes of at least 4 members (excludes halogenated alkanes) is 1. The van der Waals surface area contributed by atoms with Crippen LogP contribution in [0, 0.1) is 5.92 Å². The first-order chi connectivity index (χ1) is 5.09. The first-order valence-electron chi connectivity index (χ1n) is 4.00. The SMILES string of the molecule is CCCCC(C)[C@H](O)C(=O)O. The summed E-state index contributed by atoms with van der Waals surface area (Å²) in [4.78, 5) is 10.3. The molecule has 2 N–H and O–H groups in total. The molecule has 0 aliphatic carbocycles. The highest BCUT2D eigenvalue weighted by molar-refractivity contribution is 5.72. The average molecular weight is 160 g/mol. The molecule has 1 unspecified atom stereocenters. The number of carbonyl (C=O) groups is 1. The van der Waals surface area contributed by atoms with E-state index in [-0.39, 0.29) is 5.92 Å². The van der Waals surface area contributed by atoms with Crippen LogP contribution in [0.1, 0.15) is 33.1 Å². The van der Waals surface area contributed by atoms with Crippen LogP contribution in [0.3, 0.4) is 0 Å². The normalized spacial score (nSPS) is 15.9. The van der Waals surface area contributed by atoms with Crippen LogP contribution in [-0.4, -0.2) is 22.3 Å². The standard InChI is InChI=1S/C8H16O3/c1-3-4-5-6(2)7(9)8(10)11/h6-7,9H,3-5H2,1-2H3,(H,10,11)/t6?,7-/m0/s1. The second-order valence-electron chi connectivity index (χ2n) is 2.90. The Kier molecular flexibility index (Phi) is 4.86. The molecule has 0 aliphatic heterocycles. The molecule has 3 nitrogen and oxygen atoms in total. The fourth-order valence-corrected chi connectivity index (χ4v) is 0.927. The summed E-state index contributed by atoms with van der Waals surface area (Å²) in [5, 5.41) is 17.4. The molecule has 0 aromatic rings. The second kappa shape index (κ2) is 5.13. The Morgan fingerprint density at radius 1 is 1.55 bits per heavy atom. The molecule has 0 aliphatic rings. The number of aliphatic carboxylic acids is 1. The topological polar surface area (TPSA) is 57.5 Å². The van der Waals surface area contributed by atoms with Gasteiger partial charge in [-0.3, -0.25) is 0 Å². The highest BCUT2D eigenvalue weighted by Gasteiger charge is 2.20. The predicted octanol–water partition coefficient (Wildman–Crippen LogP) is 1.26. The van der Waals surface area contributed by atoms with Gasteiger partial charge in [-0.15, -0.1) is 0 Å². The summed E-state index contributed by atoms with van der Waals surface area (Å²) in [6.07, 6.45) is 1.60. The Hall–Kier alpha value is -0.570. The van der Waals surface area contributed by atoms with E-state index in [9.17, 15) is 4.79 Å². The van der Waals surface area contributed by atoms with Crippen LogP contribution >= 0.6 is 0 Å². The predicted molar refractivity (Wildman–Crippen MR) is 42.3 cm³/mol. The Balaban J connectivity index is 3.63. The van der Waals surface area contributed by atoms with E-state index in [1.807, 2.05) is 6.92 Å². The van der Waals surface area contributed by atoms with Gasteiger partial charge in [-0.05, 0) is 12.3 Å². The number of aliphatic hydroxyl groups excluding tert-OH is 1. The molecule has 0 spiro atoms. The molecule has 0 radical (unpaired) electrons. The zero-order valence-corrected chi connectivity index (χ0v) is 7.08. The molecule has 11 heavy (non-hydrogen) atoms. The van der Waals surface area contributed by atoms with Gasteiger partial charge in [0.05, 0.1) is 0 Å². The number of carboxylic acid groups (broad SMARTS) is 1. The molecular formula is C8H16O3. The van der Waals surface area contributed by atoms with Crippen LogP contribution in [0.4, 0.5) is 0 Å². The van der Waals surface area contributed by atoms with Crippen molar-refractivity contribution in [1.29, 1.82) is 0 Å². The molecule has 0 bridgehead atoms. The minimum atomic E-state index is -1.19. The van der Waals surface area contributed by atoms with E-state index in [1.54, 1.807) is 6.92 Å². The minimum Gasteiger partial charge on any atom is -0.479 e. The van der Waals surface area contributed by atoms with Gasteiger partial charge in [-0.25, -0.2) is 4.79 Å². The Labute approximate surface area is 67.0 Å². The van der Waals surface area contributed by atoms with Gasteiger partial charge in [-0.1, -0.05) is 26.7 Å². The van der Waals surface area contributed by atoms with E-state index in [4.69, 9.17) is 10.2 Å². The van der Waals surface area contributed by atoms with Gasteiger partial charge < -0.3 is 10.2 Å². The number of rotatable bonds is 5. The first-order valence-corrected chi connectivity index (χ1v) is 4.00. The van der Waals surface area contributed by atoms with E-state index in [0.29, 0.717) is 0 Å². The molecule has 2 atom stereocenters. The highest BCUT2D eigenvalue weighted by Crippen LogP contribution is 2.11. The molecule has 0 saturated carbocycles. The van der Waals surface area contributed by atoms with E-state index in [0.717, 1.165) is 19.3 Å². The highest BCUT2D eigenvalue weighted by atomic mass is 16.4. The van der Waals surface area contributed by atoms with Crippen molar-refractivity contribution < 1.29 is 15.0 Å². The molecule has 66 valence electrons. The van der Waals surface area contributed by atoms with Gasteiger partial charge in [0, 0.05) is 0 Å². The van der Waals surface area contributed by atoms with Crippen molar-refractivity contribution in [3.63, 3.8) is 0 Å². The van der Waals surface area contributed by atoms with Crippen molar-refractivity contribution in [1.82, 2.24) is 0 Å². The van der Waals surface area contributed by atoms with Gasteiger partial charge in [0.25, 0.3) is 0 Å². The largest absolute Gasteiger partial charge is 0.479 e. The molecule has 0 heterocycles. The maximum Gasteiger partial charge on any atom is 0.332 e. The molecular weight excluding hydrogens is 144 g/mol. The lowest BCUT2D eigenvalue weighted by molar-refractivity contribution is -0.149. The minimum absolute atomic E-state index is 0.132. The second-order valence-corrected chi connectivity index (χ2v) is 2.90. The molecule has 3 heteroatoms. The Morgan fingerprint density at radius 2 is 2.09 bits per heavy atom. The summed E-state index contributed by atoms with van der Waals surface area (Å²) in [5.74, 6) is -1.25. The molecule has 0 saturated heterocycles. The zero-order chi connectivity index (χ0) is 8.85. The van der Waals surface area contributed by atoms with Gasteiger partial charge >= 0.3 is 5.97 Å². The molecule has 0 aromatic carbocycles. The van der Waals surface area contributed by atoms with Gasteiger partial charge in [-0.2, -0.15) is 0 Å². The van der Waals surface area contributed by atoms with Crippen LogP contribution < -0.4 is 0 Å². The number of aliphatic hydroxyl groups is 1. The maximum atomic E-state index is 10.3. The van der Waals surface area contributed by atoms with Crippen LogP contribution in [0.25, 0.3) is 0 Å². The van der Waals surface area contributed by atoms with Crippen molar-refractivity contribution >= 4 is 5.97 Å². The third-order valence-corrected chi connectivity index (χ3v) is 1.81. The molecule has 0 amide bonds.